The van der Waals surface area contributed by atoms with Crippen LogP contribution >= 0.6 is 22.7 Å². The highest BCUT2D eigenvalue weighted by Crippen LogP contribution is 2.62. The highest BCUT2D eigenvalue weighted by atomic mass is 32.1. The van der Waals surface area contributed by atoms with Gasteiger partial charge in [-0.3, -0.25) is 0 Å². The lowest BCUT2D eigenvalue weighted by Crippen LogP contribution is -2.30. The lowest BCUT2D eigenvalue weighted by Gasteiger charge is -2.36. The summed E-state index contributed by atoms with van der Waals surface area (Å²) in [5.74, 6) is 1.43. The van der Waals surface area contributed by atoms with E-state index in [0.717, 1.165) is 11.1 Å². The van der Waals surface area contributed by atoms with Gasteiger partial charge in [0.2, 0.25) is 0 Å². The van der Waals surface area contributed by atoms with E-state index >= 15 is 0 Å². The standard InChI is InChI=1S/C45H34O4S2/c46-23-25-48-33-19-15-31(16-20-33)45(32-17-21-34(22-18-32)49-26-24-47)43-35(9-5-11-37(43)41-27-29-7-1-3-13-39(29)50-41)36-10-6-12-38(44(36)45)42-28-30-8-2-4-14-40(30)51-42/h1-22,27-28,46-47H,23-26H2. The zero-order valence-electron chi connectivity index (χ0n) is 27.7. The summed E-state index contributed by atoms with van der Waals surface area (Å²) in [4.78, 5) is 2.44. The summed E-state index contributed by atoms with van der Waals surface area (Å²) >= 11 is 3.66. The molecule has 1 aliphatic carbocycles. The third-order valence-corrected chi connectivity index (χ3v) is 12.1. The molecule has 0 spiro atoms. The Bertz CT molecular complexity index is 2270. The largest absolute Gasteiger partial charge is 0.491 e. The molecule has 0 fully saturated rings. The van der Waals surface area contributed by atoms with Crippen molar-refractivity contribution in [2.75, 3.05) is 26.4 Å². The monoisotopic (exact) mass is 702 g/mol. The molecule has 2 heterocycles. The first-order chi connectivity index (χ1) is 25.2. The van der Waals surface area contributed by atoms with Crippen LogP contribution in [0.5, 0.6) is 11.5 Å². The Hall–Kier alpha value is -5.24. The van der Waals surface area contributed by atoms with Crippen LogP contribution in [0.15, 0.2) is 146 Å². The maximum Gasteiger partial charge on any atom is 0.119 e. The molecule has 0 amide bonds. The first-order valence-corrected chi connectivity index (χ1v) is 18.8. The lowest BCUT2D eigenvalue weighted by atomic mass is 9.65. The molecule has 0 atom stereocenters. The maximum atomic E-state index is 9.47. The van der Waals surface area contributed by atoms with Gasteiger partial charge in [-0.1, -0.05) is 97.1 Å². The number of ether oxygens (including phenoxy) is 2. The van der Waals surface area contributed by atoms with Crippen molar-refractivity contribution >= 4 is 42.8 Å². The Kier molecular flexibility index (Phi) is 8.17. The van der Waals surface area contributed by atoms with Crippen molar-refractivity contribution in [3.8, 4) is 43.5 Å². The number of aliphatic hydroxyl groups excluding tert-OH is 2. The van der Waals surface area contributed by atoms with Gasteiger partial charge >= 0.3 is 0 Å². The minimum atomic E-state index is -0.727. The second-order valence-electron chi connectivity index (χ2n) is 12.7. The van der Waals surface area contributed by atoms with E-state index in [4.69, 9.17) is 9.47 Å². The van der Waals surface area contributed by atoms with Crippen molar-refractivity contribution in [1.82, 2.24) is 0 Å². The molecular weight excluding hydrogens is 669 g/mol. The van der Waals surface area contributed by atoms with Gasteiger partial charge in [-0.05, 0) is 104 Å². The molecule has 8 aromatic rings. The summed E-state index contributed by atoms with van der Waals surface area (Å²) in [7, 11) is 0. The Labute approximate surface area is 304 Å². The molecule has 6 heteroatoms. The molecule has 0 saturated heterocycles. The zero-order chi connectivity index (χ0) is 34.4. The molecule has 1 aliphatic rings. The molecule has 250 valence electrons. The van der Waals surface area contributed by atoms with Gasteiger partial charge in [0, 0.05) is 19.2 Å². The zero-order valence-corrected chi connectivity index (χ0v) is 29.3. The average Bonchev–Trinajstić information content (AvgIpc) is 3.90. The highest BCUT2D eigenvalue weighted by molar-refractivity contribution is 7.22. The first kappa shape index (κ1) is 31.7. The molecule has 0 aliphatic heterocycles. The Balaban J connectivity index is 1.39. The summed E-state index contributed by atoms with van der Waals surface area (Å²) in [5.41, 5.74) is 8.82. The number of aliphatic hydroxyl groups is 2. The molecular formula is C45H34O4S2. The third kappa shape index (κ3) is 5.26. The smallest absolute Gasteiger partial charge is 0.119 e. The average molecular weight is 703 g/mol. The van der Waals surface area contributed by atoms with Crippen molar-refractivity contribution in [2.45, 2.75) is 5.41 Å². The van der Waals surface area contributed by atoms with Crippen LogP contribution in [-0.2, 0) is 5.41 Å². The number of fused-ring (bicyclic) bond motifs is 5. The Morgan fingerprint density at radius 3 is 1.27 bits per heavy atom. The molecule has 0 unspecified atom stereocenters. The number of hydrogen-bond acceptors (Lipinski definition) is 6. The summed E-state index contributed by atoms with van der Waals surface area (Å²) in [6.45, 7) is 0.373. The fourth-order valence-electron chi connectivity index (χ4n) is 7.80. The molecule has 6 aromatic carbocycles. The van der Waals surface area contributed by atoms with Crippen LogP contribution in [0.2, 0.25) is 0 Å². The molecule has 2 N–H and O–H groups in total. The third-order valence-electron chi connectivity index (χ3n) is 9.85. The van der Waals surface area contributed by atoms with Gasteiger partial charge in [0.25, 0.3) is 0 Å². The van der Waals surface area contributed by atoms with Gasteiger partial charge in [0.05, 0.1) is 18.6 Å². The molecule has 4 nitrogen and oxygen atoms in total. The van der Waals surface area contributed by atoms with Crippen molar-refractivity contribution in [3.63, 3.8) is 0 Å². The normalized spacial score (nSPS) is 13.0. The van der Waals surface area contributed by atoms with Crippen LogP contribution in [0.1, 0.15) is 22.3 Å². The highest BCUT2D eigenvalue weighted by Gasteiger charge is 2.49. The van der Waals surface area contributed by atoms with Crippen LogP contribution < -0.4 is 9.47 Å². The maximum absolute atomic E-state index is 9.47. The van der Waals surface area contributed by atoms with E-state index in [2.05, 4.69) is 121 Å². The fraction of sp³-hybridized carbons (Fsp3) is 0.111. The lowest BCUT2D eigenvalue weighted by molar-refractivity contribution is 0.201. The summed E-state index contributed by atoms with van der Waals surface area (Å²) in [6, 6.07) is 52.2. The molecule has 0 saturated carbocycles. The van der Waals surface area contributed by atoms with Gasteiger partial charge in [0.1, 0.15) is 24.7 Å². The van der Waals surface area contributed by atoms with Crippen LogP contribution in [0.25, 0.3) is 52.2 Å². The molecule has 2 aromatic heterocycles. The quantitative estimate of drug-likeness (QED) is 0.149. The SMILES string of the molecule is OCCOc1ccc(C2(c3ccc(OCCO)cc3)c3c(-c4cc5ccccc5s4)cccc3-c3cccc(-c4cc5ccccc5s4)c32)cc1. The molecule has 9 rings (SSSR count). The molecule has 0 radical (unpaired) electrons. The summed E-state index contributed by atoms with van der Waals surface area (Å²) < 4.78 is 14.3. The predicted octanol–water partition coefficient (Wildman–Crippen LogP) is 10.6. The van der Waals surface area contributed by atoms with E-state index < -0.39 is 5.41 Å². The minimum Gasteiger partial charge on any atom is -0.491 e. The van der Waals surface area contributed by atoms with Crippen molar-refractivity contribution in [1.29, 1.82) is 0 Å². The molecule has 51 heavy (non-hydrogen) atoms. The van der Waals surface area contributed by atoms with Crippen molar-refractivity contribution in [3.05, 3.63) is 168 Å². The van der Waals surface area contributed by atoms with E-state index in [1.807, 2.05) is 46.9 Å². The molecule has 0 bridgehead atoms. The van der Waals surface area contributed by atoms with Gasteiger partial charge < -0.3 is 19.7 Å². The van der Waals surface area contributed by atoms with E-state index in [1.165, 1.54) is 63.3 Å². The summed E-state index contributed by atoms with van der Waals surface area (Å²) in [6.07, 6.45) is 0. The predicted molar refractivity (Wildman–Crippen MR) is 211 cm³/mol. The summed E-state index contributed by atoms with van der Waals surface area (Å²) in [5, 5.41) is 21.4. The number of rotatable bonds is 10. The fourth-order valence-corrected chi connectivity index (χ4v) is 9.99. The van der Waals surface area contributed by atoms with E-state index in [0.29, 0.717) is 11.5 Å². The number of hydrogen-bond donors (Lipinski definition) is 2. The Morgan fingerprint density at radius 2 is 0.863 bits per heavy atom. The van der Waals surface area contributed by atoms with E-state index in [9.17, 15) is 10.2 Å². The van der Waals surface area contributed by atoms with Crippen LogP contribution in [-0.4, -0.2) is 36.6 Å². The van der Waals surface area contributed by atoms with Crippen molar-refractivity contribution in [2.24, 2.45) is 0 Å². The topological polar surface area (TPSA) is 58.9 Å². The van der Waals surface area contributed by atoms with Gasteiger partial charge in [-0.15, -0.1) is 22.7 Å². The van der Waals surface area contributed by atoms with Gasteiger partial charge in [-0.2, -0.15) is 0 Å². The number of thiophene rings is 2. The second kappa shape index (κ2) is 13.1. The minimum absolute atomic E-state index is 0.0474. The van der Waals surface area contributed by atoms with Gasteiger partial charge in [0.15, 0.2) is 0 Å². The van der Waals surface area contributed by atoms with Crippen molar-refractivity contribution < 1.29 is 19.7 Å². The van der Waals surface area contributed by atoms with Gasteiger partial charge in [-0.25, -0.2) is 0 Å². The first-order valence-electron chi connectivity index (χ1n) is 17.1. The van der Waals surface area contributed by atoms with E-state index in [1.54, 1.807) is 0 Å². The van der Waals surface area contributed by atoms with E-state index in [-0.39, 0.29) is 26.4 Å². The second-order valence-corrected chi connectivity index (χ2v) is 14.9. The van der Waals surface area contributed by atoms with Crippen LogP contribution in [0.4, 0.5) is 0 Å². The number of benzene rings is 6. The Morgan fingerprint density at radius 1 is 0.451 bits per heavy atom. The van der Waals surface area contributed by atoms with Crippen LogP contribution in [0, 0.1) is 0 Å². The van der Waals surface area contributed by atoms with Crippen LogP contribution in [0.3, 0.4) is 0 Å².